The van der Waals surface area contributed by atoms with Gasteiger partial charge in [-0.2, -0.15) is 0 Å². The van der Waals surface area contributed by atoms with Crippen LogP contribution in [0, 0.1) is 0 Å². The third kappa shape index (κ3) is 4.68. The first-order chi connectivity index (χ1) is 23.6. The van der Waals surface area contributed by atoms with Gasteiger partial charge in [-0.05, 0) is 111 Å². The number of hydrogen-bond donors (Lipinski definition) is 0. The highest BCUT2D eigenvalue weighted by Crippen LogP contribution is 2.39. The number of rotatable bonds is 5. The van der Waals surface area contributed by atoms with Crippen LogP contribution in [-0.2, 0) is 0 Å². The molecule has 1 heterocycles. The summed E-state index contributed by atoms with van der Waals surface area (Å²) in [6.45, 7) is 6.29. The maximum atomic E-state index is 4.85. The Morgan fingerprint density at radius 2 is 1.27 bits per heavy atom. The van der Waals surface area contributed by atoms with Crippen molar-refractivity contribution in [2.24, 2.45) is 4.99 Å². The van der Waals surface area contributed by atoms with Gasteiger partial charge in [0.1, 0.15) is 0 Å². The number of nitrogens with zero attached hydrogens (tertiary/aromatic N) is 2. The lowest BCUT2D eigenvalue weighted by molar-refractivity contribution is 1.02. The summed E-state index contributed by atoms with van der Waals surface area (Å²) in [5, 5.41) is 10.2. The first kappa shape index (κ1) is 28.3. The quantitative estimate of drug-likeness (QED) is 0.136. The summed E-state index contributed by atoms with van der Waals surface area (Å²) in [6, 6.07) is 48.9. The number of aliphatic imine (C=N–C) groups is 1. The Labute approximate surface area is 280 Å². The van der Waals surface area contributed by atoms with Gasteiger partial charge in [0.15, 0.2) is 0 Å². The molecular weight excluding hydrogens is 581 g/mol. The van der Waals surface area contributed by atoms with Crippen LogP contribution in [0.5, 0.6) is 0 Å². The van der Waals surface area contributed by atoms with Crippen LogP contribution in [0.15, 0.2) is 175 Å². The maximum Gasteiger partial charge on any atom is 0.0630 e. The van der Waals surface area contributed by atoms with E-state index in [4.69, 9.17) is 4.99 Å². The molecule has 0 fully saturated rings. The molecule has 48 heavy (non-hydrogen) atoms. The summed E-state index contributed by atoms with van der Waals surface area (Å²) in [4.78, 5) is 4.85. The Kier molecular flexibility index (Phi) is 6.69. The maximum absolute atomic E-state index is 4.85. The smallest absolute Gasteiger partial charge is 0.0630 e. The van der Waals surface area contributed by atoms with Gasteiger partial charge in [0.25, 0.3) is 0 Å². The summed E-state index contributed by atoms with van der Waals surface area (Å²) in [5.74, 6) is 0. The van der Waals surface area contributed by atoms with E-state index in [1.165, 1.54) is 65.3 Å². The van der Waals surface area contributed by atoms with Crippen molar-refractivity contribution >= 4 is 59.8 Å². The molecule has 228 valence electrons. The molecule has 2 nitrogen and oxygen atoms in total. The predicted molar refractivity (Wildman–Crippen MR) is 207 cm³/mol. The summed E-state index contributed by atoms with van der Waals surface area (Å²) in [5.41, 5.74) is 10.0. The fraction of sp³-hybridized carbons (Fsp3) is 0.0652. The molecule has 0 spiro atoms. The van der Waals surface area contributed by atoms with Gasteiger partial charge in [-0.15, -0.1) is 0 Å². The minimum atomic E-state index is 0.819. The summed E-state index contributed by atoms with van der Waals surface area (Å²) >= 11 is 0. The van der Waals surface area contributed by atoms with Crippen LogP contribution >= 0.6 is 0 Å². The monoisotopic (exact) mass is 614 g/mol. The normalized spacial score (nSPS) is 13.6. The molecule has 0 unspecified atom stereocenters. The van der Waals surface area contributed by atoms with Gasteiger partial charge in [-0.1, -0.05) is 122 Å². The fourth-order valence-corrected chi connectivity index (χ4v) is 7.46. The Hall–Kier alpha value is -5.99. The molecule has 9 rings (SSSR count). The van der Waals surface area contributed by atoms with Gasteiger partial charge in [0.2, 0.25) is 0 Å². The average Bonchev–Trinajstić information content (AvgIpc) is 3.49. The molecule has 1 aromatic heterocycles. The van der Waals surface area contributed by atoms with Crippen LogP contribution in [0.4, 0.5) is 0 Å². The highest BCUT2D eigenvalue weighted by Gasteiger charge is 2.15. The van der Waals surface area contributed by atoms with Crippen molar-refractivity contribution < 1.29 is 0 Å². The first-order valence-electron chi connectivity index (χ1n) is 16.7. The van der Waals surface area contributed by atoms with E-state index >= 15 is 0 Å². The van der Waals surface area contributed by atoms with E-state index in [1.54, 1.807) is 0 Å². The van der Waals surface area contributed by atoms with Gasteiger partial charge in [-0.25, -0.2) is 0 Å². The molecule has 7 aromatic carbocycles. The van der Waals surface area contributed by atoms with E-state index in [9.17, 15) is 0 Å². The zero-order chi connectivity index (χ0) is 32.2. The lowest BCUT2D eigenvalue weighted by atomic mass is 9.95. The van der Waals surface area contributed by atoms with Gasteiger partial charge in [0.05, 0.1) is 16.7 Å². The van der Waals surface area contributed by atoms with E-state index in [-0.39, 0.29) is 0 Å². The molecule has 0 atom stereocenters. The van der Waals surface area contributed by atoms with Crippen molar-refractivity contribution in [3.8, 4) is 16.8 Å². The SMILES string of the molecule is C=C(N=C(C)c1ccc(-n2c3ccccc3c3c4ccc(-c5ccc6c(ccc7ccccc76)c5)cc4ccc32)cc1)C1=CCCC=C1. The topological polar surface area (TPSA) is 17.3 Å². The Balaban J connectivity index is 1.11. The van der Waals surface area contributed by atoms with E-state index in [2.05, 4.69) is 170 Å². The lowest BCUT2D eigenvalue weighted by Crippen LogP contribution is -1.99. The Morgan fingerprint density at radius 1 is 0.604 bits per heavy atom. The molecule has 0 radical (unpaired) electrons. The Morgan fingerprint density at radius 3 is 2.06 bits per heavy atom. The molecule has 0 saturated heterocycles. The van der Waals surface area contributed by atoms with Crippen molar-refractivity contribution in [1.29, 1.82) is 0 Å². The van der Waals surface area contributed by atoms with Crippen molar-refractivity contribution in [3.05, 3.63) is 175 Å². The van der Waals surface area contributed by atoms with Gasteiger partial charge >= 0.3 is 0 Å². The third-order valence-corrected chi connectivity index (χ3v) is 9.91. The molecule has 0 N–H and O–H groups in total. The molecule has 1 aliphatic carbocycles. The second kappa shape index (κ2) is 11.4. The van der Waals surface area contributed by atoms with E-state index in [0.717, 1.165) is 41.1 Å². The largest absolute Gasteiger partial charge is 0.309 e. The van der Waals surface area contributed by atoms with Crippen molar-refractivity contribution in [3.63, 3.8) is 0 Å². The molecule has 1 aliphatic rings. The molecule has 2 heteroatoms. The first-order valence-corrected chi connectivity index (χ1v) is 16.7. The van der Waals surface area contributed by atoms with Crippen LogP contribution in [0.3, 0.4) is 0 Å². The summed E-state index contributed by atoms with van der Waals surface area (Å²) < 4.78 is 2.39. The second-order valence-electron chi connectivity index (χ2n) is 12.8. The van der Waals surface area contributed by atoms with Crippen molar-refractivity contribution in [1.82, 2.24) is 4.57 Å². The standard InChI is InChI=1S/C46H34N2/c1-30(32-10-4-3-5-11-32)47-31(2)33-18-23-39(24-19-33)48-44-15-9-8-14-43(44)46-42-26-21-36(29-38(42)22-27-45(46)48)35-20-25-41-37(28-35)17-16-34-12-6-7-13-40(34)41/h4,6-29H,1,3,5H2,2H3. The minimum absolute atomic E-state index is 0.819. The van der Waals surface area contributed by atoms with Crippen LogP contribution in [0.2, 0.25) is 0 Å². The predicted octanol–water partition coefficient (Wildman–Crippen LogP) is 12.5. The number of fused-ring (bicyclic) bond motifs is 8. The van der Waals surface area contributed by atoms with Crippen LogP contribution in [-0.4, -0.2) is 10.3 Å². The molecule has 8 aromatic rings. The van der Waals surface area contributed by atoms with Gasteiger partial charge < -0.3 is 4.57 Å². The van der Waals surface area contributed by atoms with Crippen LogP contribution < -0.4 is 0 Å². The Bertz CT molecular complexity index is 2680. The van der Waals surface area contributed by atoms with E-state index < -0.39 is 0 Å². The van der Waals surface area contributed by atoms with Crippen LogP contribution in [0.1, 0.15) is 25.3 Å². The molecule has 0 amide bonds. The molecule has 0 aliphatic heterocycles. The zero-order valence-corrected chi connectivity index (χ0v) is 26.9. The second-order valence-corrected chi connectivity index (χ2v) is 12.8. The van der Waals surface area contributed by atoms with Crippen LogP contribution in [0.25, 0.3) is 70.9 Å². The van der Waals surface area contributed by atoms with Crippen molar-refractivity contribution in [2.45, 2.75) is 19.8 Å². The number of aromatic nitrogens is 1. The molecular formula is C46H34N2. The molecule has 0 saturated carbocycles. The number of hydrogen-bond acceptors (Lipinski definition) is 1. The van der Waals surface area contributed by atoms with Crippen molar-refractivity contribution in [2.75, 3.05) is 0 Å². The third-order valence-electron chi connectivity index (χ3n) is 9.91. The fourth-order valence-electron chi connectivity index (χ4n) is 7.46. The van der Waals surface area contributed by atoms with Gasteiger partial charge in [0, 0.05) is 22.2 Å². The zero-order valence-electron chi connectivity index (χ0n) is 26.9. The highest BCUT2D eigenvalue weighted by molar-refractivity contribution is 6.21. The van der Waals surface area contributed by atoms with E-state index in [1.807, 2.05) is 0 Å². The average molecular weight is 615 g/mol. The summed E-state index contributed by atoms with van der Waals surface area (Å²) in [7, 11) is 0. The molecule has 0 bridgehead atoms. The number of para-hydroxylation sites is 1. The van der Waals surface area contributed by atoms with Gasteiger partial charge in [-0.3, -0.25) is 4.99 Å². The van der Waals surface area contributed by atoms with E-state index in [0.29, 0.717) is 0 Å². The minimum Gasteiger partial charge on any atom is -0.309 e. The highest BCUT2D eigenvalue weighted by atomic mass is 15.0. The number of benzene rings is 7. The lowest BCUT2D eigenvalue weighted by Gasteiger charge is -2.11. The summed E-state index contributed by atoms with van der Waals surface area (Å²) in [6.07, 6.45) is 8.68. The number of allylic oxidation sites excluding steroid dienone is 3.